The molecule has 1 N–H and O–H groups in total. The third kappa shape index (κ3) is 5.12. The Morgan fingerprint density at radius 1 is 1.03 bits per heavy atom. The van der Waals surface area contributed by atoms with Crippen LogP contribution in [-0.4, -0.2) is 31.8 Å². The summed E-state index contributed by atoms with van der Waals surface area (Å²) in [5.41, 5.74) is 6.01. The van der Waals surface area contributed by atoms with Crippen LogP contribution in [0.2, 0.25) is 5.02 Å². The minimum absolute atomic E-state index is 0.0968. The SMILES string of the molecule is Cc1cc(C)c(NC(=O)COc2ccc(S(=O)(=O)N3CCc4ccccc4C3)cc2Cl)c(C)c1. The summed E-state index contributed by atoms with van der Waals surface area (Å²) < 4.78 is 33.4. The monoisotopic (exact) mass is 498 g/mol. The lowest BCUT2D eigenvalue weighted by Gasteiger charge is -2.28. The van der Waals surface area contributed by atoms with Crippen molar-refractivity contribution in [3.8, 4) is 5.75 Å². The highest BCUT2D eigenvalue weighted by Gasteiger charge is 2.28. The number of carbonyl (C=O) groups excluding carboxylic acids is 1. The molecule has 0 spiro atoms. The van der Waals surface area contributed by atoms with Crippen molar-refractivity contribution in [3.05, 3.63) is 87.4 Å². The molecule has 6 nitrogen and oxygen atoms in total. The molecule has 4 rings (SSSR count). The summed E-state index contributed by atoms with van der Waals surface area (Å²) in [6.07, 6.45) is 0.666. The molecule has 0 aliphatic carbocycles. The lowest BCUT2D eigenvalue weighted by Crippen LogP contribution is -2.35. The molecule has 3 aromatic rings. The van der Waals surface area contributed by atoms with E-state index in [1.54, 1.807) is 0 Å². The molecule has 1 amide bonds. The number of carbonyl (C=O) groups is 1. The van der Waals surface area contributed by atoms with Crippen LogP contribution in [0.5, 0.6) is 5.75 Å². The van der Waals surface area contributed by atoms with Gasteiger partial charge < -0.3 is 10.1 Å². The van der Waals surface area contributed by atoms with Gasteiger partial charge in [0.15, 0.2) is 6.61 Å². The number of amides is 1. The van der Waals surface area contributed by atoms with E-state index in [0.717, 1.165) is 27.9 Å². The Kier molecular flexibility index (Phi) is 6.98. The van der Waals surface area contributed by atoms with Crippen molar-refractivity contribution in [2.24, 2.45) is 0 Å². The van der Waals surface area contributed by atoms with Crippen LogP contribution in [0.4, 0.5) is 5.69 Å². The van der Waals surface area contributed by atoms with Crippen LogP contribution < -0.4 is 10.1 Å². The second-order valence-electron chi connectivity index (χ2n) is 8.56. The fraction of sp³-hybridized carbons (Fsp3) is 0.269. The number of rotatable bonds is 6. The van der Waals surface area contributed by atoms with Crippen molar-refractivity contribution in [2.75, 3.05) is 18.5 Å². The van der Waals surface area contributed by atoms with Crippen LogP contribution >= 0.6 is 11.6 Å². The lowest BCUT2D eigenvalue weighted by molar-refractivity contribution is -0.118. The first kappa shape index (κ1) is 24.3. The largest absolute Gasteiger partial charge is 0.482 e. The fourth-order valence-corrected chi connectivity index (χ4v) is 6.02. The van der Waals surface area contributed by atoms with Gasteiger partial charge >= 0.3 is 0 Å². The summed E-state index contributed by atoms with van der Waals surface area (Å²) in [5.74, 6) is -0.0769. The third-order valence-corrected chi connectivity index (χ3v) is 8.07. The predicted octanol–water partition coefficient (Wildman–Crippen LogP) is 5.03. The van der Waals surface area contributed by atoms with Crippen LogP contribution in [0.15, 0.2) is 59.5 Å². The highest BCUT2D eigenvalue weighted by Crippen LogP contribution is 2.31. The first-order valence-electron chi connectivity index (χ1n) is 11.0. The first-order chi connectivity index (χ1) is 16.1. The van der Waals surface area contributed by atoms with Crippen molar-refractivity contribution in [1.29, 1.82) is 0 Å². The van der Waals surface area contributed by atoms with Gasteiger partial charge in [-0.2, -0.15) is 4.31 Å². The molecule has 1 aliphatic rings. The minimum Gasteiger partial charge on any atom is -0.482 e. The number of nitrogens with one attached hydrogen (secondary N) is 1. The number of fused-ring (bicyclic) bond motifs is 1. The van der Waals surface area contributed by atoms with E-state index in [0.29, 0.717) is 19.5 Å². The molecule has 0 unspecified atom stereocenters. The van der Waals surface area contributed by atoms with Gasteiger partial charge in [-0.05, 0) is 67.6 Å². The number of hydrogen-bond donors (Lipinski definition) is 1. The Morgan fingerprint density at radius 3 is 2.38 bits per heavy atom. The average Bonchev–Trinajstić information content (AvgIpc) is 2.80. The van der Waals surface area contributed by atoms with Crippen LogP contribution in [0, 0.1) is 20.8 Å². The number of benzene rings is 3. The zero-order valence-electron chi connectivity index (χ0n) is 19.4. The molecule has 1 aliphatic heterocycles. The molecule has 0 aromatic heterocycles. The summed E-state index contributed by atoms with van der Waals surface area (Å²) in [6, 6.07) is 16.2. The zero-order valence-corrected chi connectivity index (χ0v) is 21.0. The van der Waals surface area contributed by atoms with Gasteiger partial charge in [-0.3, -0.25) is 4.79 Å². The summed E-state index contributed by atoms with van der Waals surface area (Å²) in [6.45, 7) is 6.37. The maximum absolute atomic E-state index is 13.2. The zero-order chi connectivity index (χ0) is 24.5. The predicted molar refractivity (Wildman–Crippen MR) is 134 cm³/mol. The highest BCUT2D eigenvalue weighted by molar-refractivity contribution is 7.89. The lowest BCUT2D eigenvalue weighted by atomic mass is 10.0. The Balaban J connectivity index is 1.43. The second-order valence-corrected chi connectivity index (χ2v) is 10.9. The molecular weight excluding hydrogens is 472 g/mol. The van der Waals surface area contributed by atoms with Gasteiger partial charge in [-0.1, -0.05) is 53.6 Å². The van der Waals surface area contributed by atoms with Crippen molar-refractivity contribution < 1.29 is 17.9 Å². The van der Waals surface area contributed by atoms with E-state index in [-0.39, 0.29) is 28.2 Å². The third-order valence-electron chi connectivity index (χ3n) is 5.94. The topological polar surface area (TPSA) is 75.7 Å². The van der Waals surface area contributed by atoms with E-state index >= 15 is 0 Å². The van der Waals surface area contributed by atoms with Crippen LogP contribution in [0.3, 0.4) is 0 Å². The summed E-state index contributed by atoms with van der Waals surface area (Å²) in [7, 11) is -3.72. The number of ether oxygens (including phenoxy) is 1. The van der Waals surface area contributed by atoms with Crippen LogP contribution in [0.25, 0.3) is 0 Å². The van der Waals surface area contributed by atoms with Gasteiger partial charge in [0.2, 0.25) is 10.0 Å². The molecule has 0 bridgehead atoms. The maximum atomic E-state index is 13.2. The van der Waals surface area contributed by atoms with E-state index in [4.69, 9.17) is 16.3 Å². The molecule has 0 radical (unpaired) electrons. The summed E-state index contributed by atoms with van der Waals surface area (Å²) in [5, 5.41) is 3.01. The number of anilines is 1. The Labute approximate surface area is 205 Å². The van der Waals surface area contributed by atoms with E-state index in [2.05, 4.69) is 5.32 Å². The standard InChI is InChI=1S/C26H27ClN2O4S/c1-17-12-18(2)26(19(3)13-17)28-25(30)16-33-24-9-8-22(14-23(24)27)34(31,32)29-11-10-20-6-4-5-7-21(20)15-29/h4-9,12-14H,10-11,15-16H2,1-3H3,(H,28,30). The van der Waals surface area contributed by atoms with Gasteiger partial charge in [0.1, 0.15) is 5.75 Å². The maximum Gasteiger partial charge on any atom is 0.262 e. The van der Waals surface area contributed by atoms with Crippen molar-refractivity contribution in [3.63, 3.8) is 0 Å². The summed E-state index contributed by atoms with van der Waals surface area (Å²) >= 11 is 6.33. The second kappa shape index (κ2) is 9.78. The molecule has 3 aromatic carbocycles. The normalized spacial score (nSPS) is 13.9. The molecule has 0 saturated heterocycles. The Hall–Kier alpha value is -2.87. The van der Waals surface area contributed by atoms with E-state index in [1.807, 2.05) is 57.2 Å². The van der Waals surface area contributed by atoms with Gasteiger partial charge in [0.25, 0.3) is 5.91 Å². The minimum atomic E-state index is -3.72. The van der Waals surface area contributed by atoms with Gasteiger partial charge in [-0.15, -0.1) is 0 Å². The average molecular weight is 499 g/mol. The van der Waals surface area contributed by atoms with E-state index < -0.39 is 10.0 Å². The van der Waals surface area contributed by atoms with Gasteiger partial charge in [0.05, 0.1) is 9.92 Å². The number of aryl methyl sites for hydroxylation is 3. The molecular formula is C26H27ClN2O4S. The van der Waals surface area contributed by atoms with Gasteiger partial charge in [0, 0.05) is 18.8 Å². The van der Waals surface area contributed by atoms with Gasteiger partial charge in [-0.25, -0.2) is 8.42 Å². The van der Waals surface area contributed by atoms with Crippen molar-refractivity contribution in [2.45, 2.75) is 38.6 Å². The van der Waals surface area contributed by atoms with Crippen molar-refractivity contribution in [1.82, 2.24) is 4.31 Å². The smallest absolute Gasteiger partial charge is 0.262 e. The molecule has 178 valence electrons. The highest BCUT2D eigenvalue weighted by atomic mass is 35.5. The molecule has 0 saturated carbocycles. The van der Waals surface area contributed by atoms with E-state index in [9.17, 15) is 13.2 Å². The van der Waals surface area contributed by atoms with Crippen LogP contribution in [-0.2, 0) is 27.8 Å². The number of sulfonamides is 1. The Morgan fingerprint density at radius 2 is 1.71 bits per heavy atom. The molecule has 8 heteroatoms. The van der Waals surface area contributed by atoms with Crippen LogP contribution in [0.1, 0.15) is 27.8 Å². The summed E-state index contributed by atoms with van der Waals surface area (Å²) in [4.78, 5) is 12.5. The first-order valence-corrected chi connectivity index (χ1v) is 12.8. The molecule has 0 atom stereocenters. The molecule has 34 heavy (non-hydrogen) atoms. The van der Waals surface area contributed by atoms with Crippen molar-refractivity contribution >= 4 is 33.2 Å². The molecule has 0 fully saturated rings. The van der Waals surface area contributed by atoms with E-state index in [1.165, 1.54) is 28.1 Å². The fourth-order valence-electron chi connectivity index (χ4n) is 4.28. The molecule has 1 heterocycles. The number of hydrogen-bond acceptors (Lipinski definition) is 4. The Bertz CT molecular complexity index is 1330. The number of halogens is 1. The number of nitrogens with zero attached hydrogens (tertiary/aromatic N) is 1. The quantitative estimate of drug-likeness (QED) is 0.517.